The third-order valence-corrected chi connectivity index (χ3v) is 2.41. The topological polar surface area (TPSA) is 44.8 Å². The minimum Gasteiger partial charge on any atom is -0.363 e. The lowest BCUT2D eigenvalue weighted by molar-refractivity contribution is 1.05. The van der Waals surface area contributed by atoms with Gasteiger partial charge in [-0.2, -0.15) is 0 Å². The number of H-pyrrole nitrogens is 1. The number of pyridine rings is 1. The number of aryl methyl sites for hydroxylation is 1. The van der Waals surface area contributed by atoms with E-state index in [9.17, 15) is 0 Å². The standard InChI is InChI=1S/C10H12N4S/c1-6-11-7-4-5-8(14(2)3)13-9(7)10(15)12-6/h4-5H,1-3H3,(H,11,12,15). The minimum atomic E-state index is 0.546. The Morgan fingerprint density at radius 1 is 1.27 bits per heavy atom. The van der Waals surface area contributed by atoms with Gasteiger partial charge < -0.3 is 9.88 Å². The normalized spacial score (nSPS) is 10.6. The number of rotatable bonds is 1. The lowest BCUT2D eigenvalue weighted by atomic mass is 10.3. The molecular weight excluding hydrogens is 208 g/mol. The van der Waals surface area contributed by atoms with Crippen molar-refractivity contribution in [2.45, 2.75) is 6.92 Å². The molecule has 0 radical (unpaired) electrons. The van der Waals surface area contributed by atoms with Crippen LogP contribution in [0.2, 0.25) is 0 Å². The van der Waals surface area contributed by atoms with Crippen molar-refractivity contribution in [3.8, 4) is 0 Å². The summed E-state index contributed by atoms with van der Waals surface area (Å²) >= 11 is 5.18. The van der Waals surface area contributed by atoms with Gasteiger partial charge in [0.2, 0.25) is 0 Å². The molecule has 0 spiro atoms. The molecule has 2 aromatic heterocycles. The maximum Gasteiger partial charge on any atom is 0.156 e. The van der Waals surface area contributed by atoms with Crippen LogP contribution in [0.5, 0.6) is 0 Å². The van der Waals surface area contributed by atoms with Gasteiger partial charge in [0.05, 0.1) is 5.52 Å². The second-order valence-corrected chi connectivity index (χ2v) is 3.97. The molecule has 0 bridgehead atoms. The first-order valence-corrected chi connectivity index (χ1v) is 5.04. The molecule has 0 aliphatic rings. The summed E-state index contributed by atoms with van der Waals surface area (Å²) in [7, 11) is 3.89. The number of fused-ring (bicyclic) bond motifs is 1. The Morgan fingerprint density at radius 2 is 2.00 bits per heavy atom. The lowest BCUT2D eigenvalue weighted by Crippen LogP contribution is -2.10. The Balaban J connectivity index is 2.77. The number of hydrogen-bond donors (Lipinski definition) is 1. The molecule has 0 aliphatic heterocycles. The van der Waals surface area contributed by atoms with Gasteiger partial charge in [-0.05, 0) is 19.1 Å². The fourth-order valence-corrected chi connectivity index (χ4v) is 1.68. The van der Waals surface area contributed by atoms with Crippen molar-refractivity contribution in [2.24, 2.45) is 0 Å². The molecule has 5 heteroatoms. The third-order valence-electron chi connectivity index (χ3n) is 2.13. The molecule has 4 nitrogen and oxygen atoms in total. The van der Waals surface area contributed by atoms with E-state index in [4.69, 9.17) is 12.2 Å². The molecule has 0 fully saturated rings. The zero-order chi connectivity index (χ0) is 11.0. The minimum absolute atomic E-state index is 0.546. The van der Waals surface area contributed by atoms with E-state index in [-0.39, 0.29) is 0 Å². The van der Waals surface area contributed by atoms with Crippen LogP contribution in [0.15, 0.2) is 12.1 Å². The Bertz CT molecular complexity index is 559. The van der Waals surface area contributed by atoms with E-state index in [0.29, 0.717) is 4.64 Å². The Labute approximate surface area is 93.0 Å². The molecular formula is C10H12N4S. The largest absolute Gasteiger partial charge is 0.363 e. The van der Waals surface area contributed by atoms with E-state index in [1.165, 1.54) is 0 Å². The molecule has 0 saturated heterocycles. The second kappa shape index (κ2) is 3.58. The molecule has 78 valence electrons. The molecule has 0 saturated carbocycles. The van der Waals surface area contributed by atoms with Crippen LogP contribution in [-0.4, -0.2) is 29.0 Å². The van der Waals surface area contributed by atoms with Crippen molar-refractivity contribution in [3.05, 3.63) is 22.6 Å². The number of nitrogens with zero attached hydrogens (tertiary/aromatic N) is 3. The SMILES string of the molecule is Cc1nc(=S)c2nc(N(C)C)ccc2[nH]1. The van der Waals surface area contributed by atoms with Gasteiger partial charge in [-0.3, -0.25) is 0 Å². The number of aromatic nitrogens is 3. The van der Waals surface area contributed by atoms with Crippen molar-refractivity contribution in [1.29, 1.82) is 0 Å². The lowest BCUT2D eigenvalue weighted by Gasteiger charge is -2.11. The molecule has 0 atom stereocenters. The van der Waals surface area contributed by atoms with Gasteiger partial charge in [-0.25, -0.2) is 9.97 Å². The first kappa shape index (κ1) is 10.0. The van der Waals surface area contributed by atoms with E-state index in [1.807, 2.05) is 38.1 Å². The summed E-state index contributed by atoms with van der Waals surface area (Å²) in [5.41, 5.74) is 1.68. The molecule has 0 amide bonds. The summed E-state index contributed by atoms with van der Waals surface area (Å²) in [6, 6.07) is 3.93. The van der Waals surface area contributed by atoms with Crippen LogP contribution in [0.25, 0.3) is 11.0 Å². The van der Waals surface area contributed by atoms with E-state index < -0.39 is 0 Å². The van der Waals surface area contributed by atoms with Gasteiger partial charge >= 0.3 is 0 Å². The van der Waals surface area contributed by atoms with Crippen LogP contribution in [0.1, 0.15) is 5.82 Å². The van der Waals surface area contributed by atoms with Crippen molar-refractivity contribution in [1.82, 2.24) is 15.0 Å². The van der Waals surface area contributed by atoms with Gasteiger partial charge in [0.25, 0.3) is 0 Å². The quantitative estimate of drug-likeness (QED) is 0.747. The first-order valence-electron chi connectivity index (χ1n) is 4.63. The maximum atomic E-state index is 5.18. The number of nitrogens with one attached hydrogen (secondary N) is 1. The molecule has 2 rings (SSSR count). The van der Waals surface area contributed by atoms with Gasteiger partial charge in [0.15, 0.2) is 4.64 Å². The van der Waals surface area contributed by atoms with E-state index in [0.717, 1.165) is 22.7 Å². The van der Waals surface area contributed by atoms with Gasteiger partial charge in [0.1, 0.15) is 17.2 Å². The van der Waals surface area contributed by atoms with Crippen molar-refractivity contribution >= 4 is 29.1 Å². The third kappa shape index (κ3) is 1.83. The highest BCUT2D eigenvalue weighted by Crippen LogP contribution is 2.15. The fourth-order valence-electron chi connectivity index (χ4n) is 1.39. The number of aromatic amines is 1. The maximum absolute atomic E-state index is 5.18. The summed E-state index contributed by atoms with van der Waals surface area (Å²) in [6.07, 6.45) is 0. The summed E-state index contributed by atoms with van der Waals surface area (Å²) in [5, 5.41) is 0. The molecule has 0 unspecified atom stereocenters. The molecule has 2 heterocycles. The first-order chi connectivity index (χ1) is 7.08. The predicted octanol–water partition coefficient (Wildman–Crippen LogP) is 2.06. The smallest absolute Gasteiger partial charge is 0.156 e. The zero-order valence-electron chi connectivity index (χ0n) is 8.90. The second-order valence-electron chi connectivity index (χ2n) is 3.59. The van der Waals surface area contributed by atoms with E-state index in [1.54, 1.807) is 0 Å². The highest BCUT2D eigenvalue weighted by atomic mass is 32.1. The van der Waals surface area contributed by atoms with Gasteiger partial charge in [-0.1, -0.05) is 12.2 Å². The highest BCUT2D eigenvalue weighted by Gasteiger charge is 2.03. The average molecular weight is 220 g/mol. The summed E-state index contributed by atoms with van der Waals surface area (Å²) in [6.45, 7) is 1.88. The van der Waals surface area contributed by atoms with Crippen LogP contribution in [0.3, 0.4) is 0 Å². The monoisotopic (exact) mass is 220 g/mol. The van der Waals surface area contributed by atoms with Crippen LogP contribution in [0.4, 0.5) is 5.82 Å². The summed E-state index contributed by atoms with van der Waals surface area (Å²) < 4.78 is 0.546. The van der Waals surface area contributed by atoms with Crippen molar-refractivity contribution < 1.29 is 0 Å². The molecule has 15 heavy (non-hydrogen) atoms. The molecule has 0 aromatic carbocycles. The Morgan fingerprint density at radius 3 is 2.67 bits per heavy atom. The van der Waals surface area contributed by atoms with Gasteiger partial charge in [0, 0.05) is 14.1 Å². The van der Waals surface area contributed by atoms with Crippen molar-refractivity contribution in [3.63, 3.8) is 0 Å². The average Bonchev–Trinajstić information content (AvgIpc) is 2.16. The van der Waals surface area contributed by atoms with Crippen LogP contribution < -0.4 is 4.90 Å². The van der Waals surface area contributed by atoms with E-state index in [2.05, 4.69) is 15.0 Å². The molecule has 1 N–H and O–H groups in total. The summed E-state index contributed by atoms with van der Waals surface area (Å²) in [4.78, 5) is 13.7. The Hall–Kier alpha value is -1.49. The van der Waals surface area contributed by atoms with E-state index >= 15 is 0 Å². The fraction of sp³-hybridized carbons (Fsp3) is 0.300. The number of anilines is 1. The van der Waals surface area contributed by atoms with Crippen LogP contribution >= 0.6 is 12.2 Å². The Kier molecular flexibility index (Phi) is 2.40. The zero-order valence-corrected chi connectivity index (χ0v) is 9.72. The highest BCUT2D eigenvalue weighted by molar-refractivity contribution is 7.71. The predicted molar refractivity (Wildman–Crippen MR) is 63.8 cm³/mol. The van der Waals surface area contributed by atoms with Crippen LogP contribution in [0, 0.1) is 11.6 Å². The molecule has 2 aromatic rings. The summed E-state index contributed by atoms with van der Waals surface area (Å²) in [5.74, 6) is 1.69. The van der Waals surface area contributed by atoms with Crippen molar-refractivity contribution in [2.75, 3.05) is 19.0 Å². The van der Waals surface area contributed by atoms with Crippen LogP contribution in [-0.2, 0) is 0 Å². The van der Waals surface area contributed by atoms with Gasteiger partial charge in [-0.15, -0.1) is 0 Å². The number of hydrogen-bond acceptors (Lipinski definition) is 4. The molecule has 0 aliphatic carbocycles.